The van der Waals surface area contributed by atoms with Crippen molar-refractivity contribution in [3.63, 3.8) is 0 Å². The number of rotatable bonds is 6. The summed E-state index contributed by atoms with van der Waals surface area (Å²) in [5.41, 5.74) is 0. The molecule has 0 spiro atoms. The van der Waals surface area contributed by atoms with Gasteiger partial charge in [-0.1, -0.05) is 26.2 Å². The van der Waals surface area contributed by atoms with E-state index in [9.17, 15) is 0 Å². The molecule has 0 fully saturated rings. The Balaban J connectivity index is 2.60. The third-order valence-corrected chi connectivity index (χ3v) is 1.15. The molecule has 2 radical (unpaired) electrons. The topological polar surface area (TPSA) is 18.5 Å². The second kappa shape index (κ2) is 7.98. The highest BCUT2D eigenvalue weighted by Crippen LogP contribution is 1.98. The van der Waals surface area contributed by atoms with Crippen LogP contribution in [0.4, 0.5) is 0 Å². The highest BCUT2D eigenvalue weighted by atomic mass is 17.2. The van der Waals surface area contributed by atoms with E-state index < -0.39 is 0 Å². The molecule has 0 heterocycles. The van der Waals surface area contributed by atoms with Crippen LogP contribution in [0.3, 0.4) is 0 Å². The molecule has 0 atom stereocenters. The minimum atomic E-state index is 0.608. The van der Waals surface area contributed by atoms with E-state index in [1.807, 2.05) is 0 Å². The lowest BCUT2D eigenvalue weighted by molar-refractivity contribution is -0.204. The predicted molar refractivity (Wildman–Crippen MR) is 36.9 cm³/mol. The van der Waals surface area contributed by atoms with Crippen LogP contribution >= 0.6 is 0 Å². The molecule has 0 saturated heterocycles. The standard InChI is InChI=1S/C6H13BO2/c1-2-3-4-5-6-8-9-7/h2-6H2,1H3. The Kier molecular flexibility index (Phi) is 7.97. The van der Waals surface area contributed by atoms with Crippen molar-refractivity contribution < 1.29 is 9.69 Å². The molecule has 0 aromatic heterocycles. The first-order chi connectivity index (χ1) is 4.41. The summed E-state index contributed by atoms with van der Waals surface area (Å²) >= 11 is 0. The van der Waals surface area contributed by atoms with Gasteiger partial charge in [0.05, 0.1) is 6.61 Å². The highest BCUT2D eigenvalue weighted by Gasteiger charge is 1.86. The molecule has 0 aliphatic heterocycles. The summed E-state index contributed by atoms with van der Waals surface area (Å²) in [6.07, 6.45) is 4.72. The van der Waals surface area contributed by atoms with Crippen LogP contribution in [0, 0.1) is 0 Å². The molecule has 2 nitrogen and oxygen atoms in total. The summed E-state index contributed by atoms with van der Waals surface area (Å²) in [6, 6.07) is 0. The fraction of sp³-hybridized carbons (Fsp3) is 1.00. The molecule has 0 bridgehead atoms. The average Bonchev–Trinajstić information content (AvgIpc) is 1.89. The summed E-state index contributed by atoms with van der Waals surface area (Å²) in [7, 11) is 4.62. The molecule has 3 heteroatoms. The minimum absolute atomic E-state index is 0.608. The second-order valence-corrected chi connectivity index (χ2v) is 1.98. The molecule has 0 aromatic rings. The van der Waals surface area contributed by atoms with E-state index in [0.29, 0.717) is 6.61 Å². The molecule has 52 valence electrons. The van der Waals surface area contributed by atoms with E-state index in [2.05, 4.69) is 24.7 Å². The Hall–Kier alpha value is -0.0151. The van der Waals surface area contributed by atoms with E-state index in [-0.39, 0.29) is 0 Å². The van der Waals surface area contributed by atoms with Crippen LogP contribution in [0.5, 0.6) is 0 Å². The molecule has 0 unspecified atom stereocenters. The smallest absolute Gasteiger partial charge is 0.318 e. The van der Waals surface area contributed by atoms with Crippen LogP contribution in [0.2, 0.25) is 0 Å². The van der Waals surface area contributed by atoms with E-state index in [1.165, 1.54) is 19.3 Å². The lowest BCUT2D eigenvalue weighted by Crippen LogP contribution is -1.92. The van der Waals surface area contributed by atoms with Crippen LogP contribution < -0.4 is 0 Å². The first-order valence-corrected chi connectivity index (χ1v) is 3.40. The SMILES string of the molecule is [B]OOCCCCCC. The lowest BCUT2D eigenvalue weighted by atomic mass is 10.2. The molecule has 0 aromatic carbocycles. The maximum atomic E-state index is 4.62. The van der Waals surface area contributed by atoms with Gasteiger partial charge in [0.1, 0.15) is 0 Å². The van der Waals surface area contributed by atoms with E-state index in [1.54, 1.807) is 0 Å². The highest BCUT2D eigenvalue weighted by molar-refractivity contribution is 5.97. The Morgan fingerprint density at radius 2 is 2.00 bits per heavy atom. The van der Waals surface area contributed by atoms with Gasteiger partial charge in [-0.2, -0.15) is 0 Å². The minimum Gasteiger partial charge on any atom is -0.318 e. The van der Waals surface area contributed by atoms with Gasteiger partial charge in [0.2, 0.25) is 0 Å². The normalized spacial score (nSPS) is 9.89. The van der Waals surface area contributed by atoms with Gasteiger partial charge in [-0.3, -0.25) is 4.89 Å². The van der Waals surface area contributed by atoms with Crippen LogP contribution in [0.1, 0.15) is 32.6 Å². The van der Waals surface area contributed by atoms with E-state index in [0.717, 1.165) is 6.42 Å². The monoisotopic (exact) mass is 128 g/mol. The fourth-order valence-corrected chi connectivity index (χ4v) is 0.636. The van der Waals surface area contributed by atoms with Crippen molar-refractivity contribution in [2.45, 2.75) is 32.6 Å². The van der Waals surface area contributed by atoms with Crippen molar-refractivity contribution >= 4 is 8.05 Å². The van der Waals surface area contributed by atoms with Crippen molar-refractivity contribution in [1.29, 1.82) is 0 Å². The van der Waals surface area contributed by atoms with Gasteiger partial charge in [-0.25, -0.2) is 0 Å². The van der Waals surface area contributed by atoms with Gasteiger partial charge >= 0.3 is 8.05 Å². The maximum absolute atomic E-state index is 4.62. The van der Waals surface area contributed by atoms with Gasteiger partial charge in [0.15, 0.2) is 0 Å². The first kappa shape index (κ1) is 8.98. The van der Waals surface area contributed by atoms with E-state index >= 15 is 0 Å². The summed E-state index contributed by atoms with van der Waals surface area (Å²) in [4.78, 5) is 8.38. The Morgan fingerprint density at radius 3 is 2.56 bits per heavy atom. The lowest BCUT2D eigenvalue weighted by Gasteiger charge is -1.98. The van der Waals surface area contributed by atoms with Crippen LogP contribution in [0.15, 0.2) is 0 Å². The van der Waals surface area contributed by atoms with Crippen LogP contribution in [0.25, 0.3) is 0 Å². The molecule has 0 aliphatic rings. The van der Waals surface area contributed by atoms with Gasteiger partial charge in [-0.15, -0.1) is 0 Å². The van der Waals surface area contributed by atoms with Crippen molar-refractivity contribution in [2.24, 2.45) is 0 Å². The third-order valence-electron chi connectivity index (χ3n) is 1.15. The zero-order valence-electron chi connectivity index (χ0n) is 5.93. The van der Waals surface area contributed by atoms with Gasteiger partial charge in [-0.05, 0) is 6.42 Å². The predicted octanol–water partition coefficient (Wildman–Crippen LogP) is 1.60. The second-order valence-electron chi connectivity index (χ2n) is 1.98. The Morgan fingerprint density at radius 1 is 1.22 bits per heavy atom. The van der Waals surface area contributed by atoms with Crippen LogP contribution in [-0.4, -0.2) is 14.7 Å². The molecular weight excluding hydrogens is 115 g/mol. The summed E-state index contributed by atoms with van der Waals surface area (Å²) in [5.74, 6) is 0. The number of hydrogen-bond donors (Lipinski definition) is 0. The summed E-state index contributed by atoms with van der Waals surface area (Å²) in [6.45, 7) is 2.77. The molecule has 9 heavy (non-hydrogen) atoms. The Bertz CT molecular complexity index is 44.3. The molecule has 0 aliphatic carbocycles. The number of hydrogen-bond acceptors (Lipinski definition) is 2. The zero-order valence-corrected chi connectivity index (χ0v) is 5.93. The largest absolute Gasteiger partial charge is 0.338 e. The summed E-state index contributed by atoms with van der Waals surface area (Å²) in [5, 5.41) is 0. The first-order valence-electron chi connectivity index (χ1n) is 3.40. The van der Waals surface area contributed by atoms with Crippen molar-refractivity contribution in [3.8, 4) is 0 Å². The molecule has 0 rings (SSSR count). The maximum Gasteiger partial charge on any atom is 0.338 e. The molecule has 0 amide bonds. The molecular formula is C6H13BO2. The number of unbranched alkanes of at least 4 members (excludes halogenated alkanes) is 3. The van der Waals surface area contributed by atoms with Crippen molar-refractivity contribution in [1.82, 2.24) is 0 Å². The average molecular weight is 128 g/mol. The molecule has 0 saturated carbocycles. The zero-order chi connectivity index (χ0) is 6.95. The quantitative estimate of drug-likeness (QED) is 0.234. The van der Waals surface area contributed by atoms with Crippen molar-refractivity contribution in [2.75, 3.05) is 6.61 Å². The molecule has 0 N–H and O–H groups in total. The Labute approximate surface area is 57.9 Å². The summed E-state index contributed by atoms with van der Waals surface area (Å²) < 4.78 is 0. The van der Waals surface area contributed by atoms with Crippen molar-refractivity contribution in [3.05, 3.63) is 0 Å². The van der Waals surface area contributed by atoms with Gasteiger partial charge in [0, 0.05) is 0 Å². The van der Waals surface area contributed by atoms with Crippen LogP contribution in [-0.2, 0) is 9.69 Å². The van der Waals surface area contributed by atoms with Gasteiger partial charge < -0.3 is 4.81 Å². The van der Waals surface area contributed by atoms with Gasteiger partial charge in [0.25, 0.3) is 0 Å². The fourth-order valence-electron chi connectivity index (χ4n) is 0.636. The van der Waals surface area contributed by atoms with E-state index in [4.69, 9.17) is 0 Å². The third kappa shape index (κ3) is 7.98.